The molecular weight excluding hydrogens is 366 g/mol. The second-order valence-electron chi connectivity index (χ2n) is 6.29. The zero-order valence-electron chi connectivity index (χ0n) is 15.0. The topological polar surface area (TPSA) is 79.4 Å². The van der Waals surface area contributed by atoms with Crippen LogP contribution in [-0.2, 0) is 16.1 Å². The van der Waals surface area contributed by atoms with Crippen molar-refractivity contribution in [3.05, 3.63) is 48.4 Å². The minimum atomic E-state index is -0.280. The Morgan fingerprint density at radius 3 is 2.89 bits per heavy atom. The third-order valence-corrected chi connectivity index (χ3v) is 5.50. The Kier molecular flexibility index (Phi) is 4.89. The van der Waals surface area contributed by atoms with E-state index in [4.69, 9.17) is 13.9 Å². The van der Waals surface area contributed by atoms with Crippen LogP contribution >= 0.6 is 11.8 Å². The van der Waals surface area contributed by atoms with Crippen molar-refractivity contribution in [2.45, 2.75) is 36.4 Å². The zero-order valence-corrected chi connectivity index (χ0v) is 15.8. The van der Waals surface area contributed by atoms with Gasteiger partial charge < -0.3 is 13.9 Å². The van der Waals surface area contributed by atoms with Crippen molar-refractivity contribution in [3.8, 4) is 17.1 Å². The molecule has 2 aromatic heterocycles. The molecule has 1 aliphatic rings. The highest BCUT2D eigenvalue weighted by molar-refractivity contribution is 8.00. The van der Waals surface area contributed by atoms with Crippen LogP contribution in [0.5, 0.6) is 5.75 Å². The molecule has 3 aromatic rings. The van der Waals surface area contributed by atoms with Crippen LogP contribution in [0, 0.1) is 0 Å². The SMILES string of the molecule is COc1cccc(-c2nnc(S[C@H]3C[C@@H](C)OC3=O)n2Cc2ccco2)c1. The Bertz CT molecular complexity index is 938. The van der Waals surface area contributed by atoms with E-state index in [2.05, 4.69) is 10.2 Å². The van der Waals surface area contributed by atoms with Gasteiger partial charge in [0.05, 0.1) is 19.9 Å². The summed E-state index contributed by atoms with van der Waals surface area (Å²) in [5.74, 6) is 2.00. The summed E-state index contributed by atoms with van der Waals surface area (Å²) >= 11 is 1.38. The standard InChI is InChI=1S/C19H19N3O4S/c1-12-9-16(18(23)26-12)27-19-21-20-17(13-5-3-6-14(10-13)24-2)22(19)11-15-7-4-8-25-15/h3-8,10,12,16H,9,11H2,1-2H3/t12-,16+/m1/s1. The van der Waals surface area contributed by atoms with E-state index in [0.29, 0.717) is 23.9 Å². The molecule has 4 rings (SSSR count). The maximum Gasteiger partial charge on any atom is 0.319 e. The number of aromatic nitrogens is 3. The van der Waals surface area contributed by atoms with E-state index in [-0.39, 0.29) is 17.3 Å². The number of methoxy groups -OCH3 is 1. The number of furan rings is 1. The number of hydrogen-bond acceptors (Lipinski definition) is 7. The molecule has 27 heavy (non-hydrogen) atoms. The Hall–Kier alpha value is -2.74. The number of thioether (sulfide) groups is 1. The first-order chi connectivity index (χ1) is 13.1. The molecule has 2 atom stereocenters. The maximum absolute atomic E-state index is 12.0. The zero-order chi connectivity index (χ0) is 18.8. The van der Waals surface area contributed by atoms with Gasteiger partial charge >= 0.3 is 5.97 Å². The van der Waals surface area contributed by atoms with Gasteiger partial charge in [-0.3, -0.25) is 9.36 Å². The average molecular weight is 385 g/mol. The second kappa shape index (κ2) is 7.48. The largest absolute Gasteiger partial charge is 0.497 e. The molecular formula is C19H19N3O4S. The number of carbonyl (C=O) groups is 1. The molecule has 0 radical (unpaired) electrons. The van der Waals surface area contributed by atoms with Crippen LogP contribution in [0.15, 0.2) is 52.2 Å². The van der Waals surface area contributed by atoms with Crippen LogP contribution in [-0.4, -0.2) is 39.2 Å². The fourth-order valence-electron chi connectivity index (χ4n) is 3.00. The number of benzene rings is 1. The number of esters is 1. The van der Waals surface area contributed by atoms with Gasteiger partial charge in [0, 0.05) is 12.0 Å². The molecule has 3 heterocycles. The van der Waals surface area contributed by atoms with E-state index in [1.54, 1.807) is 13.4 Å². The van der Waals surface area contributed by atoms with Crippen LogP contribution in [0.2, 0.25) is 0 Å². The molecule has 7 nitrogen and oxygen atoms in total. The average Bonchev–Trinajstić information content (AvgIpc) is 3.38. The van der Waals surface area contributed by atoms with E-state index < -0.39 is 0 Å². The number of carbonyl (C=O) groups excluding carboxylic acids is 1. The van der Waals surface area contributed by atoms with E-state index in [1.807, 2.05) is 47.9 Å². The number of hydrogen-bond donors (Lipinski definition) is 0. The lowest BCUT2D eigenvalue weighted by Crippen LogP contribution is -2.12. The fourth-order valence-corrected chi connectivity index (χ4v) is 4.14. The molecule has 0 saturated carbocycles. The first-order valence-corrected chi connectivity index (χ1v) is 9.49. The molecule has 0 aliphatic carbocycles. The van der Waals surface area contributed by atoms with E-state index in [9.17, 15) is 4.79 Å². The second-order valence-corrected chi connectivity index (χ2v) is 7.46. The van der Waals surface area contributed by atoms with Gasteiger partial charge in [-0.1, -0.05) is 23.9 Å². The van der Waals surface area contributed by atoms with Crippen molar-refractivity contribution < 1.29 is 18.7 Å². The van der Waals surface area contributed by atoms with Gasteiger partial charge in [0.2, 0.25) is 0 Å². The van der Waals surface area contributed by atoms with E-state index in [0.717, 1.165) is 17.1 Å². The Balaban J connectivity index is 1.70. The van der Waals surface area contributed by atoms with Crippen molar-refractivity contribution in [1.29, 1.82) is 0 Å². The predicted octanol–water partition coefficient (Wildman–Crippen LogP) is 3.39. The Morgan fingerprint density at radius 2 is 2.19 bits per heavy atom. The highest BCUT2D eigenvalue weighted by Crippen LogP contribution is 2.34. The van der Waals surface area contributed by atoms with Gasteiger partial charge in [0.25, 0.3) is 0 Å². The first-order valence-electron chi connectivity index (χ1n) is 8.61. The molecule has 0 bridgehead atoms. The Labute approximate surface area is 160 Å². The maximum atomic E-state index is 12.0. The van der Waals surface area contributed by atoms with Crippen molar-refractivity contribution in [2.24, 2.45) is 0 Å². The summed E-state index contributed by atoms with van der Waals surface area (Å²) in [5, 5.41) is 9.08. The fraction of sp³-hybridized carbons (Fsp3) is 0.316. The molecule has 0 spiro atoms. The molecule has 1 saturated heterocycles. The molecule has 1 fully saturated rings. The first kappa shape index (κ1) is 17.7. The third kappa shape index (κ3) is 3.71. The van der Waals surface area contributed by atoms with Crippen LogP contribution in [0.4, 0.5) is 0 Å². The van der Waals surface area contributed by atoms with Crippen LogP contribution in [0.3, 0.4) is 0 Å². The molecule has 0 N–H and O–H groups in total. The molecule has 1 aliphatic heterocycles. The lowest BCUT2D eigenvalue weighted by Gasteiger charge is -2.11. The molecule has 140 valence electrons. The molecule has 1 aromatic carbocycles. The summed E-state index contributed by atoms with van der Waals surface area (Å²) in [4.78, 5) is 12.0. The minimum absolute atomic E-state index is 0.0747. The van der Waals surface area contributed by atoms with Crippen LogP contribution in [0.1, 0.15) is 19.1 Å². The lowest BCUT2D eigenvalue weighted by molar-refractivity contribution is -0.140. The summed E-state index contributed by atoms with van der Waals surface area (Å²) in [6, 6.07) is 11.4. The number of cyclic esters (lactones) is 1. The molecule has 8 heteroatoms. The predicted molar refractivity (Wildman–Crippen MR) is 99.6 cm³/mol. The van der Waals surface area contributed by atoms with Gasteiger partial charge in [-0.2, -0.15) is 0 Å². The number of rotatable bonds is 6. The summed E-state index contributed by atoms with van der Waals surface area (Å²) < 4.78 is 18.0. The van der Waals surface area contributed by atoms with Gasteiger partial charge in [-0.25, -0.2) is 0 Å². The van der Waals surface area contributed by atoms with Crippen LogP contribution in [0.25, 0.3) is 11.4 Å². The van der Waals surface area contributed by atoms with Crippen molar-refractivity contribution in [1.82, 2.24) is 14.8 Å². The van der Waals surface area contributed by atoms with Crippen molar-refractivity contribution in [2.75, 3.05) is 7.11 Å². The van der Waals surface area contributed by atoms with Gasteiger partial charge in [-0.05, 0) is 31.2 Å². The third-order valence-electron chi connectivity index (χ3n) is 4.31. The van der Waals surface area contributed by atoms with Gasteiger partial charge in [0.15, 0.2) is 11.0 Å². The van der Waals surface area contributed by atoms with Crippen molar-refractivity contribution in [3.63, 3.8) is 0 Å². The molecule has 0 amide bonds. The molecule has 0 unspecified atom stereocenters. The Morgan fingerprint density at radius 1 is 1.30 bits per heavy atom. The summed E-state index contributed by atoms with van der Waals surface area (Å²) in [6.45, 7) is 2.36. The normalized spacial score (nSPS) is 19.3. The van der Waals surface area contributed by atoms with E-state index in [1.165, 1.54) is 11.8 Å². The summed E-state index contributed by atoms with van der Waals surface area (Å²) in [6.07, 6.45) is 2.22. The highest BCUT2D eigenvalue weighted by atomic mass is 32.2. The highest BCUT2D eigenvalue weighted by Gasteiger charge is 2.34. The summed E-state index contributed by atoms with van der Waals surface area (Å²) in [7, 11) is 1.63. The number of nitrogens with zero attached hydrogens (tertiary/aromatic N) is 3. The number of ether oxygens (including phenoxy) is 2. The lowest BCUT2D eigenvalue weighted by atomic mass is 10.2. The quantitative estimate of drug-likeness (QED) is 0.602. The monoisotopic (exact) mass is 385 g/mol. The van der Waals surface area contributed by atoms with Gasteiger partial charge in [-0.15, -0.1) is 10.2 Å². The van der Waals surface area contributed by atoms with Crippen LogP contribution < -0.4 is 4.74 Å². The smallest absolute Gasteiger partial charge is 0.319 e. The van der Waals surface area contributed by atoms with Gasteiger partial charge in [0.1, 0.15) is 22.9 Å². The minimum Gasteiger partial charge on any atom is -0.497 e. The van der Waals surface area contributed by atoms with Crippen molar-refractivity contribution >= 4 is 17.7 Å². The summed E-state index contributed by atoms with van der Waals surface area (Å²) in [5.41, 5.74) is 0.877. The van der Waals surface area contributed by atoms with E-state index >= 15 is 0 Å².